The summed E-state index contributed by atoms with van der Waals surface area (Å²) in [6, 6.07) is 14.4. The second-order valence-corrected chi connectivity index (χ2v) is 7.40. The molecule has 0 bridgehead atoms. The quantitative estimate of drug-likeness (QED) is 0.555. The molecular weight excluding hydrogens is 351 g/mol. The van der Waals surface area contributed by atoms with E-state index in [1.165, 1.54) is 16.8 Å². The van der Waals surface area contributed by atoms with Gasteiger partial charge < -0.3 is 0 Å². The highest BCUT2D eigenvalue weighted by molar-refractivity contribution is 6.36. The molecule has 2 aliphatic rings. The molecule has 0 aliphatic carbocycles. The number of fused-ring (bicyclic) bond motifs is 1. The van der Waals surface area contributed by atoms with Crippen LogP contribution in [-0.4, -0.2) is 12.8 Å². The first-order valence-corrected chi connectivity index (χ1v) is 9.17. The number of aliphatic imine (C=N–C) groups is 1. The van der Waals surface area contributed by atoms with E-state index in [0.717, 1.165) is 18.7 Å². The summed E-state index contributed by atoms with van der Waals surface area (Å²) in [5, 5.41) is 1.34. The number of hydrogen-bond donors (Lipinski definition) is 0. The predicted molar refractivity (Wildman–Crippen MR) is 107 cm³/mol. The predicted octanol–water partition coefficient (Wildman–Crippen LogP) is 6.24. The van der Waals surface area contributed by atoms with Gasteiger partial charge in [-0.3, -0.25) is 4.99 Å². The molecule has 0 N–H and O–H groups in total. The van der Waals surface area contributed by atoms with Gasteiger partial charge in [-0.05, 0) is 30.7 Å². The standard InChI is InChI=1S/C21H19Cl2N2/c1-15-5-7-16(8-6-15)21-20-4-2-12-25(20,13-3-11-24-21)19-10-9-17(22)14-18(19)23/h2,4-12,14,21H,3,13H2,1H3/q+1. The Hall–Kier alpha value is -1.87. The number of aryl methyl sites for hydroxylation is 1. The zero-order valence-electron chi connectivity index (χ0n) is 14.0. The third-order valence-electron chi connectivity index (χ3n) is 4.95. The minimum atomic E-state index is -0.00940. The molecule has 0 amide bonds. The molecule has 2 nitrogen and oxygen atoms in total. The number of halogens is 2. The normalized spacial score (nSPS) is 24.8. The molecule has 2 unspecified atom stereocenters. The minimum absolute atomic E-state index is 0.00940. The van der Waals surface area contributed by atoms with Crippen molar-refractivity contribution in [3.05, 3.63) is 87.7 Å². The SMILES string of the molecule is Cc1ccc(C2N=CCC[N+]3(c4ccc(Cl)cc4Cl)C=CC=C23)cc1. The molecule has 4 heteroatoms. The van der Waals surface area contributed by atoms with Gasteiger partial charge in [-0.15, -0.1) is 0 Å². The molecule has 2 aromatic rings. The molecule has 2 atom stereocenters. The minimum Gasteiger partial charge on any atom is -0.279 e. The van der Waals surface area contributed by atoms with Gasteiger partial charge in [0.25, 0.3) is 0 Å². The van der Waals surface area contributed by atoms with Crippen LogP contribution in [0.15, 0.2) is 71.5 Å². The van der Waals surface area contributed by atoms with E-state index in [9.17, 15) is 0 Å². The number of hydrogen-bond acceptors (Lipinski definition) is 1. The average molecular weight is 370 g/mol. The van der Waals surface area contributed by atoms with Crippen molar-refractivity contribution in [3.8, 4) is 0 Å². The molecule has 126 valence electrons. The molecular formula is C21H19Cl2N2+. The summed E-state index contributed by atoms with van der Waals surface area (Å²) in [5.74, 6) is 0. The Bertz CT molecular complexity index is 897. The van der Waals surface area contributed by atoms with E-state index in [0.29, 0.717) is 14.5 Å². The van der Waals surface area contributed by atoms with Crippen molar-refractivity contribution in [2.75, 3.05) is 6.54 Å². The van der Waals surface area contributed by atoms with Crippen LogP contribution in [0.4, 0.5) is 5.69 Å². The summed E-state index contributed by atoms with van der Waals surface area (Å²) in [6.45, 7) is 3.00. The molecule has 0 saturated carbocycles. The summed E-state index contributed by atoms with van der Waals surface area (Å²) in [7, 11) is 0. The number of quaternary nitrogens is 1. The molecule has 0 saturated heterocycles. The molecule has 0 fully saturated rings. The molecule has 0 aromatic heterocycles. The van der Waals surface area contributed by atoms with Gasteiger partial charge in [-0.2, -0.15) is 0 Å². The maximum absolute atomic E-state index is 6.59. The molecule has 2 aromatic carbocycles. The van der Waals surface area contributed by atoms with Gasteiger partial charge in [0.1, 0.15) is 23.0 Å². The Morgan fingerprint density at radius 3 is 2.64 bits per heavy atom. The highest BCUT2D eigenvalue weighted by Gasteiger charge is 2.43. The van der Waals surface area contributed by atoms with E-state index in [2.05, 4.69) is 49.5 Å². The molecule has 0 spiro atoms. The Morgan fingerprint density at radius 2 is 1.88 bits per heavy atom. The van der Waals surface area contributed by atoms with Crippen molar-refractivity contribution < 1.29 is 0 Å². The number of benzene rings is 2. The lowest BCUT2D eigenvalue weighted by atomic mass is 10.0. The Kier molecular flexibility index (Phi) is 4.28. The first-order valence-electron chi connectivity index (χ1n) is 8.42. The fourth-order valence-electron chi connectivity index (χ4n) is 3.69. The summed E-state index contributed by atoms with van der Waals surface area (Å²) in [4.78, 5) is 4.87. The van der Waals surface area contributed by atoms with Crippen molar-refractivity contribution in [1.82, 2.24) is 4.48 Å². The van der Waals surface area contributed by atoms with Crippen LogP contribution in [0.25, 0.3) is 0 Å². The van der Waals surface area contributed by atoms with Gasteiger partial charge in [0.05, 0.1) is 6.54 Å². The third kappa shape index (κ3) is 2.85. The zero-order valence-corrected chi connectivity index (χ0v) is 15.5. The average Bonchev–Trinajstić information content (AvgIpc) is 2.92. The smallest absolute Gasteiger partial charge is 0.161 e. The van der Waals surface area contributed by atoms with Gasteiger partial charge in [-0.25, -0.2) is 4.48 Å². The van der Waals surface area contributed by atoms with Crippen LogP contribution in [-0.2, 0) is 0 Å². The van der Waals surface area contributed by atoms with E-state index < -0.39 is 0 Å². The van der Waals surface area contributed by atoms with Crippen molar-refractivity contribution in [2.45, 2.75) is 19.4 Å². The molecule has 0 radical (unpaired) electrons. The first-order chi connectivity index (χ1) is 12.1. The second kappa shape index (κ2) is 6.45. The van der Waals surface area contributed by atoms with Gasteiger partial charge in [0, 0.05) is 29.8 Å². The van der Waals surface area contributed by atoms with Gasteiger partial charge in [0.15, 0.2) is 5.69 Å². The Morgan fingerprint density at radius 1 is 1.08 bits per heavy atom. The van der Waals surface area contributed by atoms with Crippen molar-refractivity contribution in [3.63, 3.8) is 0 Å². The third-order valence-corrected chi connectivity index (χ3v) is 5.48. The van der Waals surface area contributed by atoms with Crippen molar-refractivity contribution >= 4 is 35.1 Å². The first kappa shape index (κ1) is 16.6. The lowest BCUT2D eigenvalue weighted by molar-refractivity contribution is 0.449. The fraction of sp³-hybridized carbons (Fsp3) is 0.190. The maximum atomic E-state index is 6.59. The molecule has 25 heavy (non-hydrogen) atoms. The van der Waals surface area contributed by atoms with Crippen molar-refractivity contribution in [2.24, 2.45) is 4.99 Å². The topological polar surface area (TPSA) is 12.4 Å². The van der Waals surface area contributed by atoms with Crippen LogP contribution in [0, 0.1) is 6.92 Å². The molecule has 2 heterocycles. The summed E-state index contributed by atoms with van der Waals surface area (Å²) in [5.41, 5.74) is 4.73. The van der Waals surface area contributed by atoms with Gasteiger partial charge >= 0.3 is 0 Å². The number of rotatable bonds is 2. The Labute approximate surface area is 158 Å². The van der Waals surface area contributed by atoms with E-state index in [1.807, 2.05) is 24.4 Å². The van der Waals surface area contributed by atoms with E-state index in [1.54, 1.807) is 0 Å². The lowest BCUT2D eigenvalue weighted by Gasteiger charge is -2.35. The monoisotopic (exact) mass is 369 g/mol. The summed E-state index contributed by atoms with van der Waals surface area (Å²) in [6.07, 6.45) is 9.44. The van der Waals surface area contributed by atoms with Crippen LogP contribution < -0.4 is 4.48 Å². The van der Waals surface area contributed by atoms with E-state index in [4.69, 9.17) is 28.2 Å². The second-order valence-electron chi connectivity index (χ2n) is 6.55. The van der Waals surface area contributed by atoms with Crippen LogP contribution in [0.2, 0.25) is 10.0 Å². The van der Waals surface area contributed by atoms with Crippen LogP contribution in [0.3, 0.4) is 0 Å². The number of nitrogens with zero attached hydrogens (tertiary/aromatic N) is 2. The van der Waals surface area contributed by atoms with E-state index in [-0.39, 0.29) is 6.04 Å². The molecule has 2 aliphatic heterocycles. The van der Waals surface area contributed by atoms with Crippen LogP contribution in [0.5, 0.6) is 0 Å². The summed E-state index contributed by atoms with van der Waals surface area (Å²) < 4.78 is 0.606. The lowest BCUT2D eigenvalue weighted by Crippen LogP contribution is -2.43. The molecule has 4 rings (SSSR count). The zero-order chi connectivity index (χ0) is 17.4. The Balaban J connectivity index is 1.84. The maximum Gasteiger partial charge on any atom is 0.161 e. The number of allylic oxidation sites excluding steroid dienone is 2. The van der Waals surface area contributed by atoms with E-state index >= 15 is 0 Å². The summed E-state index contributed by atoms with van der Waals surface area (Å²) >= 11 is 12.7. The highest BCUT2D eigenvalue weighted by atomic mass is 35.5. The largest absolute Gasteiger partial charge is 0.279 e. The van der Waals surface area contributed by atoms with Crippen LogP contribution >= 0.6 is 23.2 Å². The van der Waals surface area contributed by atoms with Crippen molar-refractivity contribution in [1.29, 1.82) is 0 Å². The van der Waals surface area contributed by atoms with Gasteiger partial charge in [0.2, 0.25) is 0 Å². The fourth-order valence-corrected chi connectivity index (χ4v) is 4.25. The van der Waals surface area contributed by atoms with Crippen LogP contribution in [0.1, 0.15) is 23.6 Å². The van der Waals surface area contributed by atoms with Gasteiger partial charge in [-0.1, -0.05) is 53.0 Å². The highest BCUT2D eigenvalue weighted by Crippen LogP contribution is 2.46.